The first-order valence-electron chi connectivity index (χ1n) is 6.75. The van der Waals surface area contributed by atoms with E-state index < -0.39 is 0 Å². The molecule has 112 valence electrons. The third-order valence-corrected chi connectivity index (χ3v) is 2.97. The summed E-state index contributed by atoms with van der Waals surface area (Å²) in [5.74, 6) is 0.421. The molecule has 0 aliphatic heterocycles. The molecule has 0 aliphatic carbocycles. The number of carbonyl (C=O) groups is 1. The van der Waals surface area contributed by atoms with Gasteiger partial charge in [0.1, 0.15) is 6.04 Å². The molecule has 0 amide bonds. The SMILES string of the molecule is CCOc1cc(CN[C@H](C(=O)OC)C(C)C)ccc1O. The second-order valence-corrected chi connectivity index (χ2v) is 4.86. The smallest absolute Gasteiger partial charge is 0.323 e. The maximum atomic E-state index is 11.6. The molecule has 0 aromatic heterocycles. The lowest BCUT2D eigenvalue weighted by Crippen LogP contribution is -2.41. The molecule has 1 atom stereocenters. The molecule has 5 nitrogen and oxygen atoms in total. The molecule has 0 saturated heterocycles. The van der Waals surface area contributed by atoms with Crippen LogP contribution < -0.4 is 10.1 Å². The van der Waals surface area contributed by atoms with Gasteiger partial charge in [0, 0.05) is 6.54 Å². The van der Waals surface area contributed by atoms with Crippen LogP contribution in [-0.4, -0.2) is 30.8 Å². The maximum Gasteiger partial charge on any atom is 0.323 e. The maximum absolute atomic E-state index is 11.6. The van der Waals surface area contributed by atoms with Gasteiger partial charge in [-0.15, -0.1) is 0 Å². The van der Waals surface area contributed by atoms with Crippen molar-refractivity contribution in [2.24, 2.45) is 5.92 Å². The van der Waals surface area contributed by atoms with Gasteiger partial charge in [-0.2, -0.15) is 0 Å². The fourth-order valence-corrected chi connectivity index (χ4v) is 1.89. The standard InChI is InChI=1S/C15H23NO4/c1-5-20-13-8-11(6-7-12(13)17)9-16-14(10(2)3)15(18)19-4/h6-8,10,14,16-17H,5,9H2,1-4H3/t14-/m0/s1. The van der Waals surface area contributed by atoms with Crippen LogP contribution in [0, 0.1) is 5.92 Å². The number of benzene rings is 1. The first-order valence-corrected chi connectivity index (χ1v) is 6.75. The number of phenolic OH excluding ortho intramolecular Hbond substituents is 1. The zero-order valence-corrected chi connectivity index (χ0v) is 12.5. The summed E-state index contributed by atoms with van der Waals surface area (Å²) in [7, 11) is 1.38. The molecule has 0 aliphatic rings. The summed E-state index contributed by atoms with van der Waals surface area (Å²) in [5, 5.41) is 12.8. The Kier molecular flexibility index (Phi) is 6.31. The Hall–Kier alpha value is -1.75. The van der Waals surface area contributed by atoms with Crippen LogP contribution in [0.1, 0.15) is 26.3 Å². The van der Waals surface area contributed by atoms with Crippen LogP contribution in [0.3, 0.4) is 0 Å². The molecule has 0 heterocycles. The van der Waals surface area contributed by atoms with E-state index in [1.807, 2.05) is 20.8 Å². The molecule has 1 aromatic carbocycles. The molecule has 0 saturated carbocycles. The topological polar surface area (TPSA) is 67.8 Å². The zero-order chi connectivity index (χ0) is 15.1. The lowest BCUT2D eigenvalue weighted by Gasteiger charge is -2.20. The summed E-state index contributed by atoms with van der Waals surface area (Å²) in [6.07, 6.45) is 0. The highest BCUT2D eigenvalue weighted by Gasteiger charge is 2.22. The molecule has 0 bridgehead atoms. The predicted molar refractivity (Wildman–Crippen MR) is 76.8 cm³/mol. The second-order valence-electron chi connectivity index (χ2n) is 4.86. The number of aromatic hydroxyl groups is 1. The minimum absolute atomic E-state index is 0.115. The molecule has 20 heavy (non-hydrogen) atoms. The van der Waals surface area contributed by atoms with Gasteiger partial charge in [-0.3, -0.25) is 4.79 Å². The van der Waals surface area contributed by atoms with Gasteiger partial charge < -0.3 is 19.9 Å². The van der Waals surface area contributed by atoms with E-state index in [1.54, 1.807) is 18.2 Å². The largest absolute Gasteiger partial charge is 0.504 e. The number of hydrogen-bond donors (Lipinski definition) is 2. The van der Waals surface area contributed by atoms with Crippen molar-refractivity contribution in [1.82, 2.24) is 5.32 Å². The van der Waals surface area contributed by atoms with Gasteiger partial charge in [0.05, 0.1) is 13.7 Å². The molecular weight excluding hydrogens is 258 g/mol. The molecular formula is C15H23NO4. The molecule has 1 rings (SSSR count). The number of hydrogen-bond acceptors (Lipinski definition) is 5. The Morgan fingerprint density at radius 1 is 1.40 bits per heavy atom. The molecule has 0 radical (unpaired) electrons. The number of nitrogens with one attached hydrogen (secondary N) is 1. The van der Waals surface area contributed by atoms with Crippen LogP contribution in [0.5, 0.6) is 11.5 Å². The van der Waals surface area contributed by atoms with E-state index in [0.717, 1.165) is 5.56 Å². The minimum Gasteiger partial charge on any atom is -0.504 e. The van der Waals surface area contributed by atoms with Crippen molar-refractivity contribution in [2.75, 3.05) is 13.7 Å². The van der Waals surface area contributed by atoms with Crippen LogP contribution in [0.15, 0.2) is 18.2 Å². The van der Waals surface area contributed by atoms with Crippen molar-refractivity contribution >= 4 is 5.97 Å². The third kappa shape index (κ3) is 4.42. The van der Waals surface area contributed by atoms with Gasteiger partial charge in [-0.1, -0.05) is 19.9 Å². The fourth-order valence-electron chi connectivity index (χ4n) is 1.89. The van der Waals surface area contributed by atoms with E-state index in [0.29, 0.717) is 18.9 Å². The number of rotatable bonds is 7. The molecule has 1 aromatic rings. The second kappa shape index (κ2) is 7.75. The molecule has 5 heteroatoms. The highest BCUT2D eigenvalue weighted by molar-refractivity contribution is 5.75. The predicted octanol–water partition coefficient (Wildman–Crippen LogP) is 2.08. The summed E-state index contributed by atoms with van der Waals surface area (Å²) < 4.78 is 10.1. The van der Waals surface area contributed by atoms with Crippen molar-refractivity contribution in [3.05, 3.63) is 23.8 Å². The van der Waals surface area contributed by atoms with Crippen LogP contribution >= 0.6 is 0 Å². The van der Waals surface area contributed by atoms with Gasteiger partial charge in [-0.25, -0.2) is 0 Å². The van der Waals surface area contributed by atoms with Crippen molar-refractivity contribution < 1.29 is 19.4 Å². The summed E-state index contributed by atoms with van der Waals surface area (Å²) in [6.45, 7) is 6.75. The minimum atomic E-state index is -0.357. The molecule has 0 fully saturated rings. The average molecular weight is 281 g/mol. The van der Waals surface area contributed by atoms with E-state index in [2.05, 4.69) is 5.32 Å². The van der Waals surface area contributed by atoms with E-state index >= 15 is 0 Å². The normalized spacial score (nSPS) is 12.2. The molecule has 0 spiro atoms. The van der Waals surface area contributed by atoms with E-state index in [4.69, 9.17) is 9.47 Å². The van der Waals surface area contributed by atoms with E-state index in [-0.39, 0.29) is 23.7 Å². The first kappa shape index (κ1) is 16.3. The first-order chi connectivity index (χ1) is 9.49. The van der Waals surface area contributed by atoms with Gasteiger partial charge in [0.25, 0.3) is 0 Å². The summed E-state index contributed by atoms with van der Waals surface area (Å²) >= 11 is 0. The van der Waals surface area contributed by atoms with Crippen LogP contribution in [-0.2, 0) is 16.1 Å². The number of methoxy groups -OCH3 is 1. The Morgan fingerprint density at radius 3 is 2.65 bits per heavy atom. The summed E-state index contributed by atoms with van der Waals surface area (Å²) in [5.41, 5.74) is 0.931. The average Bonchev–Trinajstić information content (AvgIpc) is 2.42. The number of ether oxygens (including phenoxy) is 2. The van der Waals surface area contributed by atoms with Crippen LogP contribution in [0.2, 0.25) is 0 Å². The monoisotopic (exact) mass is 281 g/mol. The van der Waals surface area contributed by atoms with E-state index in [1.165, 1.54) is 7.11 Å². The quantitative estimate of drug-likeness (QED) is 0.749. The lowest BCUT2D eigenvalue weighted by atomic mass is 10.0. The number of carbonyl (C=O) groups excluding carboxylic acids is 1. The summed E-state index contributed by atoms with van der Waals surface area (Å²) in [6, 6.07) is 4.79. The zero-order valence-electron chi connectivity index (χ0n) is 12.5. The van der Waals surface area contributed by atoms with Gasteiger partial charge in [0.15, 0.2) is 11.5 Å². The summed E-state index contributed by atoms with van der Waals surface area (Å²) in [4.78, 5) is 11.6. The number of esters is 1. The Bertz CT molecular complexity index is 445. The fraction of sp³-hybridized carbons (Fsp3) is 0.533. The highest BCUT2D eigenvalue weighted by atomic mass is 16.5. The Labute approximate surface area is 119 Å². The van der Waals surface area contributed by atoms with Crippen molar-refractivity contribution in [3.63, 3.8) is 0 Å². The lowest BCUT2D eigenvalue weighted by molar-refractivity contribution is -0.144. The van der Waals surface area contributed by atoms with Crippen molar-refractivity contribution in [2.45, 2.75) is 33.4 Å². The van der Waals surface area contributed by atoms with Crippen LogP contribution in [0.25, 0.3) is 0 Å². The van der Waals surface area contributed by atoms with Crippen molar-refractivity contribution in [1.29, 1.82) is 0 Å². The van der Waals surface area contributed by atoms with Gasteiger partial charge >= 0.3 is 5.97 Å². The van der Waals surface area contributed by atoms with Crippen molar-refractivity contribution in [3.8, 4) is 11.5 Å². The Balaban J connectivity index is 2.73. The molecule has 0 unspecified atom stereocenters. The third-order valence-electron chi connectivity index (χ3n) is 2.97. The van der Waals surface area contributed by atoms with Crippen LogP contribution in [0.4, 0.5) is 0 Å². The van der Waals surface area contributed by atoms with E-state index in [9.17, 15) is 9.90 Å². The highest BCUT2D eigenvalue weighted by Crippen LogP contribution is 2.26. The molecule has 2 N–H and O–H groups in total. The number of phenols is 1. The Morgan fingerprint density at radius 2 is 2.10 bits per heavy atom. The van der Waals surface area contributed by atoms with Gasteiger partial charge in [-0.05, 0) is 30.5 Å². The van der Waals surface area contributed by atoms with Gasteiger partial charge in [0.2, 0.25) is 0 Å².